The largest absolute Gasteiger partial charge is 0.465 e. The van der Waals surface area contributed by atoms with Gasteiger partial charge in [-0.25, -0.2) is 14.9 Å². The number of carbonyl (C=O) groups excluding carboxylic acids is 1. The normalized spacial score (nSPS) is 11.0. The summed E-state index contributed by atoms with van der Waals surface area (Å²) in [6.07, 6.45) is 1.73. The van der Waals surface area contributed by atoms with Gasteiger partial charge in [-0.05, 0) is 47.2 Å². The number of tetrazole rings is 1. The molecule has 0 unspecified atom stereocenters. The van der Waals surface area contributed by atoms with Crippen molar-refractivity contribution in [1.29, 1.82) is 0 Å². The molecular formula is C25H23N7O2. The minimum atomic E-state index is -0.399. The molecule has 0 amide bonds. The fraction of sp³-hybridized carbons (Fsp3) is 0.160. The Hall–Kier alpha value is -4.53. The number of hydrogen-bond acceptors (Lipinski definition) is 7. The van der Waals surface area contributed by atoms with E-state index in [0.29, 0.717) is 16.9 Å². The number of aromatic amines is 1. The Morgan fingerprint density at radius 2 is 1.88 bits per heavy atom. The van der Waals surface area contributed by atoms with Crippen LogP contribution in [-0.4, -0.2) is 56.8 Å². The Morgan fingerprint density at radius 1 is 1.06 bits per heavy atom. The van der Waals surface area contributed by atoms with E-state index >= 15 is 0 Å². The molecule has 34 heavy (non-hydrogen) atoms. The van der Waals surface area contributed by atoms with Crippen LogP contribution in [0, 0.1) is 0 Å². The molecule has 0 saturated heterocycles. The molecule has 5 rings (SSSR count). The summed E-state index contributed by atoms with van der Waals surface area (Å²) in [5.41, 5.74) is 6.77. The van der Waals surface area contributed by atoms with Gasteiger partial charge in [0.15, 0.2) is 5.82 Å². The molecule has 0 saturated carbocycles. The third-order valence-electron chi connectivity index (χ3n) is 5.94. The number of ether oxygens (including phenoxy) is 1. The Balaban J connectivity index is 1.71. The monoisotopic (exact) mass is 453 g/mol. The number of carbonyl (C=O) groups is 1. The molecule has 9 nitrogen and oxygen atoms in total. The second-order valence-corrected chi connectivity index (χ2v) is 7.79. The Kier molecular flexibility index (Phi) is 5.51. The lowest BCUT2D eigenvalue weighted by molar-refractivity contribution is 0.0602. The third kappa shape index (κ3) is 3.57. The molecule has 2 heterocycles. The summed E-state index contributed by atoms with van der Waals surface area (Å²) in [4.78, 5) is 19.1. The highest BCUT2D eigenvalue weighted by molar-refractivity contribution is 6.02. The van der Waals surface area contributed by atoms with E-state index in [2.05, 4.69) is 55.6 Å². The number of benzene rings is 3. The van der Waals surface area contributed by atoms with Crippen LogP contribution in [0.15, 0.2) is 67.0 Å². The molecule has 0 radical (unpaired) electrons. The van der Waals surface area contributed by atoms with Crippen LogP contribution in [-0.2, 0) is 4.74 Å². The van der Waals surface area contributed by atoms with Crippen LogP contribution in [0.4, 0.5) is 5.69 Å². The zero-order chi connectivity index (χ0) is 23.7. The lowest BCUT2D eigenvalue weighted by Gasteiger charge is -2.23. The van der Waals surface area contributed by atoms with Crippen LogP contribution >= 0.6 is 0 Å². The summed E-state index contributed by atoms with van der Waals surface area (Å²) in [6, 6.07) is 19.6. The van der Waals surface area contributed by atoms with Crippen LogP contribution in [0.2, 0.25) is 0 Å². The summed E-state index contributed by atoms with van der Waals surface area (Å²) in [6.45, 7) is 2.91. The molecule has 0 aliphatic carbocycles. The van der Waals surface area contributed by atoms with Crippen molar-refractivity contribution >= 4 is 22.7 Å². The van der Waals surface area contributed by atoms with E-state index in [4.69, 9.17) is 4.74 Å². The maximum atomic E-state index is 12.4. The smallest absolute Gasteiger partial charge is 0.340 e. The maximum Gasteiger partial charge on any atom is 0.340 e. The first-order chi connectivity index (χ1) is 16.6. The minimum absolute atomic E-state index is 0.399. The predicted octanol–water partition coefficient (Wildman–Crippen LogP) is 4.12. The molecule has 1 N–H and O–H groups in total. The lowest BCUT2D eigenvalue weighted by atomic mass is 9.96. The molecule has 2 aromatic heterocycles. The van der Waals surface area contributed by atoms with E-state index in [-0.39, 0.29) is 0 Å². The Labute approximate surface area is 196 Å². The van der Waals surface area contributed by atoms with Gasteiger partial charge < -0.3 is 9.64 Å². The van der Waals surface area contributed by atoms with Crippen LogP contribution in [0.25, 0.3) is 39.2 Å². The number of para-hydroxylation sites is 1. The number of H-pyrrole nitrogens is 1. The Bertz CT molecular complexity index is 1470. The van der Waals surface area contributed by atoms with Crippen LogP contribution in [0.1, 0.15) is 17.3 Å². The number of hydrogen-bond donors (Lipinski definition) is 1. The molecule has 170 valence electrons. The fourth-order valence-electron chi connectivity index (χ4n) is 4.12. The van der Waals surface area contributed by atoms with E-state index < -0.39 is 5.97 Å². The maximum absolute atomic E-state index is 12.4. The number of nitrogens with zero attached hydrogens (tertiary/aromatic N) is 6. The zero-order valence-electron chi connectivity index (χ0n) is 19.1. The van der Waals surface area contributed by atoms with Crippen LogP contribution < -0.4 is 4.90 Å². The van der Waals surface area contributed by atoms with Gasteiger partial charge >= 0.3 is 5.97 Å². The van der Waals surface area contributed by atoms with Crippen molar-refractivity contribution in [1.82, 2.24) is 30.2 Å². The highest BCUT2D eigenvalue weighted by Crippen LogP contribution is 2.38. The number of fused-ring (bicyclic) bond motifs is 1. The van der Waals surface area contributed by atoms with E-state index in [9.17, 15) is 4.79 Å². The number of aromatic nitrogens is 6. The fourth-order valence-corrected chi connectivity index (χ4v) is 4.12. The number of nitrogens with one attached hydrogen (secondary N) is 1. The van der Waals surface area contributed by atoms with Crippen molar-refractivity contribution in [3.63, 3.8) is 0 Å². The lowest BCUT2D eigenvalue weighted by Crippen LogP contribution is -2.17. The van der Waals surface area contributed by atoms with Crippen molar-refractivity contribution in [2.24, 2.45) is 0 Å². The van der Waals surface area contributed by atoms with Gasteiger partial charge in [-0.15, -0.1) is 5.10 Å². The van der Waals surface area contributed by atoms with Crippen LogP contribution in [0.5, 0.6) is 0 Å². The molecule has 0 spiro atoms. The van der Waals surface area contributed by atoms with Crippen LogP contribution in [0.3, 0.4) is 0 Å². The summed E-state index contributed by atoms with van der Waals surface area (Å²) in [5, 5.41) is 14.4. The van der Waals surface area contributed by atoms with Gasteiger partial charge in [-0.1, -0.05) is 36.4 Å². The molecule has 0 aliphatic heterocycles. The molecule has 0 bridgehead atoms. The van der Waals surface area contributed by atoms with E-state index in [1.54, 1.807) is 18.5 Å². The molecule has 0 fully saturated rings. The first-order valence-electron chi connectivity index (χ1n) is 10.9. The highest BCUT2D eigenvalue weighted by atomic mass is 16.5. The van der Waals surface area contributed by atoms with Gasteiger partial charge in [-0.2, -0.15) is 0 Å². The van der Waals surface area contributed by atoms with E-state index in [1.165, 1.54) is 7.11 Å². The minimum Gasteiger partial charge on any atom is -0.465 e. The molecule has 3 aromatic carbocycles. The average molecular weight is 454 g/mol. The molecule has 9 heteroatoms. The molecule has 5 aromatic rings. The van der Waals surface area contributed by atoms with Gasteiger partial charge in [-0.3, -0.25) is 4.57 Å². The SMILES string of the molecule is CCN(C)c1cc(-n2cnc3cccc(C(=O)OC)c32)ccc1-c1ccccc1-c1nnn[nH]1. The van der Waals surface area contributed by atoms with Crippen molar-refractivity contribution in [2.45, 2.75) is 6.92 Å². The summed E-state index contributed by atoms with van der Waals surface area (Å²) in [7, 11) is 3.43. The van der Waals surface area contributed by atoms with Gasteiger partial charge in [0.2, 0.25) is 0 Å². The number of esters is 1. The van der Waals surface area contributed by atoms with Crippen molar-refractivity contribution in [3.8, 4) is 28.2 Å². The second kappa shape index (κ2) is 8.78. The predicted molar refractivity (Wildman–Crippen MR) is 130 cm³/mol. The highest BCUT2D eigenvalue weighted by Gasteiger charge is 2.19. The summed E-state index contributed by atoms with van der Waals surface area (Å²) >= 11 is 0. The van der Waals surface area contributed by atoms with Crippen molar-refractivity contribution in [2.75, 3.05) is 25.6 Å². The standard InChI is InChI=1S/C25H23N7O2/c1-4-31(2)22-14-16(32-15-26-21-11-7-10-20(23(21)32)25(33)34-3)12-13-18(22)17-8-5-6-9-19(17)24-27-29-30-28-24/h5-15H,4H2,1-3H3,(H,27,28,29,30). The first kappa shape index (κ1) is 21.3. The van der Waals surface area contributed by atoms with Crippen molar-refractivity contribution < 1.29 is 9.53 Å². The van der Waals surface area contributed by atoms with Crippen molar-refractivity contribution in [3.05, 3.63) is 72.6 Å². The Morgan fingerprint density at radius 3 is 2.62 bits per heavy atom. The van der Waals surface area contributed by atoms with E-state index in [0.717, 1.165) is 40.1 Å². The first-order valence-corrected chi connectivity index (χ1v) is 10.9. The number of rotatable bonds is 6. The molecule has 0 aliphatic rings. The molecule has 0 atom stereocenters. The number of imidazole rings is 1. The number of methoxy groups -OCH3 is 1. The van der Waals surface area contributed by atoms with E-state index in [1.807, 2.05) is 41.9 Å². The van der Waals surface area contributed by atoms with Gasteiger partial charge in [0.1, 0.15) is 6.33 Å². The summed E-state index contributed by atoms with van der Waals surface area (Å²) in [5.74, 6) is 0.206. The topological polar surface area (TPSA) is 102 Å². The van der Waals surface area contributed by atoms with Gasteiger partial charge in [0.05, 0.1) is 23.7 Å². The summed E-state index contributed by atoms with van der Waals surface area (Å²) < 4.78 is 6.92. The third-order valence-corrected chi connectivity index (χ3v) is 5.94. The number of anilines is 1. The average Bonchev–Trinajstić information content (AvgIpc) is 3.58. The quantitative estimate of drug-likeness (QED) is 0.386. The molecular weight excluding hydrogens is 430 g/mol. The zero-order valence-corrected chi connectivity index (χ0v) is 19.1. The van der Waals surface area contributed by atoms with Gasteiger partial charge in [0.25, 0.3) is 0 Å². The second-order valence-electron chi connectivity index (χ2n) is 7.79. The van der Waals surface area contributed by atoms with Gasteiger partial charge in [0, 0.05) is 36.1 Å².